The van der Waals surface area contributed by atoms with Crippen molar-refractivity contribution >= 4 is 17.3 Å². The Labute approximate surface area is 143 Å². The number of aromatic nitrogens is 2. The van der Waals surface area contributed by atoms with Crippen molar-refractivity contribution in [2.45, 2.75) is 19.0 Å². The van der Waals surface area contributed by atoms with Gasteiger partial charge in [-0.25, -0.2) is 0 Å². The van der Waals surface area contributed by atoms with E-state index in [1.165, 1.54) is 4.90 Å². The van der Waals surface area contributed by atoms with E-state index in [0.29, 0.717) is 25.6 Å². The molecule has 24 heavy (non-hydrogen) atoms. The van der Waals surface area contributed by atoms with E-state index in [4.69, 9.17) is 4.74 Å². The molecule has 0 bridgehead atoms. The zero-order valence-corrected chi connectivity index (χ0v) is 14.4. The summed E-state index contributed by atoms with van der Waals surface area (Å²) in [5.41, 5.74) is 1.94. The number of ether oxygens (including phenoxy) is 1. The van der Waals surface area contributed by atoms with Crippen molar-refractivity contribution < 1.29 is 17.9 Å². The Morgan fingerprint density at radius 3 is 2.83 bits per heavy atom. The minimum Gasteiger partial charge on any atom is -0.475 e. The number of rotatable bonds is 6. The van der Waals surface area contributed by atoms with Crippen LogP contribution in [0.3, 0.4) is 0 Å². The van der Waals surface area contributed by atoms with E-state index < -0.39 is 12.7 Å². The lowest BCUT2D eigenvalue weighted by atomic mass is 9.97. The zero-order chi connectivity index (χ0) is 17.2. The van der Waals surface area contributed by atoms with Crippen molar-refractivity contribution in [1.29, 1.82) is 0 Å². The SMILES string of the molecule is CN1CCC=C(c2nsnc2OCCC2CN(CC(F)(F)F)C2)C1. The summed E-state index contributed by atoms with van der Waals surface area (Å²) in [6.45, 7) is 2.49. The fraction of sp³-hybridized carbons (Fsp3) is 0.733. The van der Waals surface area contributed by atoms with Crippen LogP contribution in [0.4, 0.5) is 13.2 Å². The maximum absolute atomic E-state index is 12.3. The van der Waals surface area contributed by atoms with Crippen molar-refractivity contribution in [3.8, 4) is 5.88 Å². The first-order valence-electron chi connectivity index (χ1n) is 8.03. The first kappa shape index (κ1) is 17.6. The van der Waals surface area contributed by atoms with Crippen LogP contribution in [-0.4, -0.2) is 71.1 Å². The van der Waals surface area contributed by atoms with Gasteiger partial charge in [0, 0.05) is 26.2 Å². The summed E-state index contributed by atoms with van der Waals surface area (Å²) < 4.78 is 51.0. The lowest BCUT2D eigenvalue weighted by Gasteiger charge is -2.39. The number of alkyl halides is 3. The molecule has 1 saturated heterocycles. The van der Waals surface area contributed by atoms with Gasteiger partial charge in [0.05, 0.1) is 24.9 Å². The number of likely N-dealkylation sites (tertiary alicyclic amines) is 1. The number of hydrogen-bond acceptors (Lipinski definition) is 6. The molecule has 0 atom stereocenters. The van der Waals surface area contributed by atoms with Crippen molar-refractivity contribution in [2.75, 3.05) is 46.4 Å². The quantitative estimate of drug-likeness (QED) is 0.778. The van der Waals surface area contributed by atoms with E-state index in [-0.39, 0.29) is 5.92 Å². The average molecular weight is 362 g/mol. The molecule has 5 nitrogen and oxygen atoms in total. The Bertz CT molecular complexity index is 584. The summed E-state index contributed by atoms with van der Waals surface area (Å²) in [6.07, 6.45) is -0.210. The van der Waals surface area contributed by atoms with Gasteiger partial charge in [0.15, 0.2) is 0 Å². The third-order valence-electron chi connectivity index (χ3n) is 4.30. The summed E-state index contributed by atoms with van der Waals surface area (Å²) in [6, 6.07) is 0. The van der Waals surface area contributed by atoms with Gasteiger partial charge in [0.25, 0.3) is 5.88 Å². The molecule has 0 radical (unpaired) electrons. The van der Waals surface area contributed by atoms with Gasteiger partial charge in [-0.2, -0.15) is 17.5 Å². The topological polar surface area (TPSA) is 41.5 Å². The summed E-state index contributed by atoms with van der Waals surface area (Å²) in [5.74, 6) is 0.815. The Balaban J connectivity index is 1.43. The van der Waals surface area contributed by atoms with Crippen LogP contribution in [0, 0.1) is 5.92 Å². The second-order valence-corrected chi connectivity index (χ2v) is 7.01. The van der Waals surface area contributed by atoms with Gasteiger partial charge in [-0.05, 0) is 31.4 Å². The van der Waals surface area contributed by atoms with Crippen LogP contribution in [0.5, 0.6) is 5.88 Å². The molecular weight excluding hydrogens is 341 g/mol. The highest BCUT2D eigenvalue weighted by Gasteiger charge is 2.36. The smallest absolute Gasteiger partial charge is 0.401 e. The van der Waals surface area contributed by atoms with Gasteiger partial charge in [-0.3, -0.25) is 4.90 Å². The van der Waals surface area contributed by atoms with E-state index in [9.17, 15) is 13.2 Å². The van der Waals surface area contributed by atoms with Crippen molar-refractivity contribution in [2.24, 2.45) is 5.92 Å². The van der Waals surface area contributed by atoms with E-state index in [2.05, 4.69) is 26.8 Å². The molecule has 0 N–H and O–H groups in total. The van der Waals surface area contributed by atoms with E-state index in [1.807, 2.05) is 0 Å². The van der Waals surface area contributed by atoms with Crippen molar-refractivity contribution in [3.63, 3.8) is 0 Å². The van der Waals surface area contributed by atoms with Crippen LogP contribution in [-0.2, 0) is 0 Å². The lowest BCUT2D eigenvalue weighted by Crippen LogP contribution is -2.50. The maximum Gasteiger partial charge on any atom is 0.401 e. The molecule has 1 aromatic heterocycles. The van der Waals surface area contributed by atoms with Gasteiger partial charge >= 0.3 is 6.18 Å². The summed E-state index contributed by atoms with van der Waals surface area (Å²) in [7, 11) is 2.07. The lowest BCUT2D eigenvalue weighted by molar-refractivity contribution is -0.159. The van der Waals surface area contributed by atoms with Crippen LogP contribution in [0.1, 0.15) is 18.5 Å². The molecule has 0 aromatic carbocycles. The van der Waals surface area contributed by atoms with E-state index >= 15 is 0 Å². The van der Waals surface area contributed by atoms with E-state index in [0.717, 1.165) is 48.9 Å². The zero-order valence-electron chi connectivity index (χ0n) is 13.6. The fourth-order valence-electron chi connectivity index (χ4n) is 3.10. The molecule has 2 aliphatic rings. The third kappa shape index (κ3) is 4.67. The molecule has 3 rings (SSSR count). The van der Waals surface area contributed by atoms with Crippen LogP contribution >= 0.6 is 11.7 Å². The molecule has 9 heteroatoms. The molecule has 0 saturated carbocycles. The molecule has 1 aromatic rings. The monoisotopic (exact) mass is 362 g/mol. The minimum absolute atomic E-state index is 0.266. The van der Waals surface area contributed by atoms with Crippen LogP contribution < -0.4 is 4.74 Å². The normalized spacial score (nSPS) is 20.8. The molecule has 0 aliphatic carbocycles. The average Bonchev–Trinajstić information content (AvgIpc) is 2.91. The molecule has 0 spiro atoms. The minimum atomic E-state index is -4.11. The second kappa shape index (κ2) is 7.37. The van der Waals surface area contributed by atoms with Crippen LogP contribution in [0.25, 0.3) is 5.57 Å². The van der Waals surface area contributed by atoms with Crippen LogP contribution in [0.2, 0.25) is 0 Å². The fourth-order valence-corrected chi connectivity index (χ4v) is 3.63. The second-order valence-electron chi connectivity index (χ2n) is 6.49. The first-order chi connectivity index (χ1) is 11.4. The molecule has 0 amide bonds. The Morgan fingerprint density at radius 1 is 1.33 bits per heavy atom. The number of nitrogens with zero attached hydrogens (tertiary/aromatic N) is 4. The van der Waals surface area contributed by atoms with Gasteiger partial charge < -0.3 is 9.64 Å². The largest absolute Gasteiger partial charge is 0.475 e. The van der Waals surface area contributed by atoms with Crippen molar-refractivity contribution in [3.05, 3.63) is 11.8 Å². The van der Waals surface area contributed by atoms with Crippen molar-refractivity contribution in [1.82, 2.24) is 18.5 Å². The first-order valence-corrected chi connectivity index (χ1v) is 8.76. The molecule has 3 heterocycles. The summed E-state index contributed by atoms with van der Waals surface area (Å²) in [4.78, 5) is 3.64. The number of halogens is 3. The molecule has 1 fully saturated rings. The van der Waals surface area contributed by atoms with Gasteiger partial charge in [-0.15, -0.1) is 4.37 Å². The summed E-state index contributed by atoms with van der Waals surface area (Å²) in [5, 5.41) is 0. The molecule has 134 valence electrons. The summed E-state index contributed by atoms with van der Waals surface area (Å²) >= 11 is 1.13. The number of hydrogen-bond donors (Lipinski definition) is 0. The Hall–Kier alpha value is -1.19. The predicted molar refractivity (Wildman–Crippen MR) is 86.1 cm³/mol. The third-order valence-corrected chi connectivity index (χ3v) is 4.82. The van der Waals surface area contributed by atoms with Crippen LogP contribution in [0.15, 0.2) is 6.08 Å². The maximum atomic E-state index is 12.3. The van der Waals surface area contributed by atoms with E-state index in [1.54, 1.807) is 0 Å². The standard InChI is InChI=1S/C15H21F3N4OS/c1-21-5-2-3-12(9-21)13-14(20-24-19-13)23-6-4-11-7-22(8-11)10-15(16,17)18/h3,11H,2,4-10H2,1H3. The van der Waals surface area contributed by atoms with Gasteiger partial charge in [-0.1, -0.05) is 6.08 Å². The Morgan fingerprint density at radius 2 is 2.12 bits per heavy atom. The highest BCUT2D eigenvalue weighted by molar-refractivity contribution is 6.99. The molecule has 2 aliphatic heterocycles. The highest BCUT2D eigenvalue weighted by Crippen LogP contribution is 2.28. The van der Waals surface area contributed by atoms with Gasteiger partial charge in [0.1, 0.15) is 5.69 Å². The molecule has 0 unspecified atom stereocenters. The predicted octanol–water partition coefficient (Wildman–Crippen LogP) is 2.52. The van der Waals surface area contributed by atoms with Gasteiger partial charge in [0.2, 0.25) is 0 Å². The molecular formula is C15H21F3N4OS. The number of likely N-dealkylation sites (N-methyl/N-ethyl adjacent to an activating group) is 1. The highest BCUT2D eigenvalue weighted by atomic mass is 32.1. The Kier molecular flexibility index (Phi) is 5.41.